The van der Waals surface area contributed by atoms with Crippen molar-refractivity contribution >= 4 is 12.0 Å². The lowest BCUT2D eigenvalue weighted by atomic mass is 10.2. The molecule has 1 fully saturated rings. The number of carbonyl (C=O) groups is 2. The molecule has 114 valence electrons. The number of piperazine rings is 1. The van der Waals surface area contributed by atoms with Crippen molar-refractivity contribution < 1.29 is 14.3 Å². The highest BCUT2D eigenvalue weighted by atomic mass is 16.5. The van der Waals surface area contributed by atoms with E-state index >= 15 is 0 Å². The molecule has 1 heterocycles. The summed E-state index contributed by atoms with van der Waals surface area (Å²) in [5.41, 5.74) is 0.915. The molecule has 0 unspecified atom stereocenters. The van der Waals surface area contributed by atoms with E-state index in [1.54, 1.807) is 4.90 Å². The lowest BCUT2D eigenvalue weighted by Gasteiger charge is -2.32. The minimum absolute atomic E-state index is 0.0165. The summed E-state index contributed by atoms with van der Waals surface area (Å²) in [6.07, 6.45) is -0.568. The van der Waals surface area contributed by atoms with E-state index < -0.39 is 6.09 Å². The van der Waals surface area contributed by atoms with E-state index in [2.05, 4.69) is 10.2 Å². The Balaban J connectivity index is 1.65. The first kappa shape index (κ1) is 15.3. The minimum atomic E-state index is -0.568. The first-order valence-electron chi connectivity index (χ1n) is 7.06. The number of amides is 2. The van der Waals surface area contributed by atoms with Crippen LogP contribution in [0.15, 0.2) is 30.3 Å². The van der Waals surface area contributed by atoms with Gasteiger partial charge in [-0.25, -0.2) is 4.79 Å². The van der Waals surface area contributed by atoms with E-state index in [4.69, 9.17) is 4.74 Å². The van der Waals surface area contributed by atoms with Crippen LogP contribution in [0.25, 0.3) is 0 Å². The van der Waals surface area contributed by atoms with Crippen LogP contribution in [0, 0.1) is 0 Å². The number of nitrogens with one attached hydrogen (secondary N) is 1. The number of carbonyl (C=O) groups excluding carboxylic acids is 2. The molecule has 1 saturated heterocycles. The Kier molecular flexibility index (Phi) is 5.57. The standard InChI is InChI=1S/C15H21N3O3/c1-17-7-9-18(10-8-17)14(19)11-16-15(20)21-12-13-5-3-2-4-6-13/h2-6H,7-12H2,1H3,(H,16,20). The molecule has 1 aliphatic rings. The summed E-state index contributed by atoms with van der Waals surface area (Å²) < 4.78 is 5.05. The molecule has 0 aliphatic carbocycles. The number of nitrogens with zero attached hydrogens (tertiary/aromatic N) is 2. The van der Waals surface area contributed by atoms with Crippen molar-refractivity contribution in [2.75, 3.05) is 39.8 Å². The van der Waals surface area contributed by atoms with Crippen molar-refractivity contribution in [3.63, 3.8) is 0 Å². The topological polar surface area (TPSA) is 61.9 Å². The van der Waals surface area contributed by atoms with Crippen LogP contribution in [0.2, 0.25) is 0 Å². The van der Waals surface area contributed by atoms with Crippen LogP contribution in [0.5, 0.6) is 0 Å². The number of alkyl carbamates (subject to hydrolysis) is 1. The minimum Gasteiger partial charge on any atom is -0.445 e. The van der Waals surface area contributed by atoms with Gasteiger partial charge in [-0.2, -0.15) is 0 Å². The fraction of sp³-hybridized carbons (Fsp3) is 0.467. The Morgan fingerprint density at radius 2 is 1.81 bits per heavy atom. The second kappa shape index (κ2) is 7.64. The number of benzene rings is 1. The van der Waals surface area contributed by atoms with Gasteiger partial charge in [0, 0.05) is 26.2 Å². The average molecular weight is 291 g/mol. The number of ether oxygens (including phenoxy) is 1. The molecule has 1 aromatic rings. The fourth-order valence-corrected chi connectivity index (χ4v) is 2.09. The molecule has 0 radical (unpaired) electrons. The molecular formula is C15H21N3O3. The molecule has 6 heteroatoms. The van der Waals surface area contributed by atoms with Gasteiger partial charge in [-0.1, -0.05) is 30.3 Å². The quantitative estimate of drug-likeness (QED) is 0.886. The third kappa shape index (κ3) is 5.07. The SMILES string of the molecule is CN1CCN(C(=O)CNC(=O)OCc2ccccc2)CC1. The van der Waals surface area contributed by atoms with Crippen molar-refractivity contribution in [3.8, 4) is 0 Å². The maximum Gasteiger partial charge on any atom is 0.407 e. The molecule has 0 atom stereocenters. The Bertz CT molecular complexity index is 470. The van der Waals surface area contributed by atoms with Gasteiger partial charge in [0.25, 0.3) is 0 Å². The average Bonchev–Trinajstić information content (AvgIpc) is 2.52. The lowest BCUT2D eigenvalue weighted by Crippen LogP contribution is -2.50. The second-order valence-electron chi connectivity index (χ2n) is 5.10. The molecule has 6 nitrogen and oxygen atoms in total. The summed E-state index contributed by atoms with van der Waals surface area (Å²) in [5.74, 6) is -0.0697. The molecule has 0 bridgehead atoms. The Hall–Kier alpha value is -2.08. The molecule has 21 heavy (non-hydrogen) atoms. The first-order valence-corrected chi connectivity index (χ1v) is 7.06. The van der Waals surface area contributed by atoms with Crippen LogP contribution in [0.3, 0.4) is 0 Å². The van der Waals surface area contributed by atoms with Gasteiger partial charge in [0.05, 0.1) is 0 Å². The highest BCUT2D eigenvalue weighted by Gasteiger charge is 2.19. The summed E-state index contributed by atoms with van der Waals surface area (Å²) in [6, 6.07) is 9.42. The monoisotopic (exact) mass is 291 g/mol. The summed E-state index contributed by atoms with van der Waals surface area (Å²) in [4.78, 5) is 27.4. The third-order valence-corrected chi connectivity index (χ3v) is 3.45. The molecule has 1 aliphatic heterocycles. The maximum atomic E-state index is 11.9. The number of hydrogen-bond donors (Lipinski definition) is 1. The van der Waals surface area contributed by atoms with E-state index in [0.29, 0.717) is 13.1 Å². The van der Waals surface area contributed by atoms with Gasteiger partial charge in [0.15, 0.2) is 0 Å². The van der Waals surface area contributed by atoms with Crippen molar-refractivity contribution in [3.05, 3.63) is 35.9 Å². The summed E-state index contributed by atoms with van der Waals surface area (Å²) in [7, 11) is 2.03. The van der Waals surface area contributed by atoms with E-state index in [9.17, 15) is 9.59 Å². The summed E-state index contributed by atoms with van der Waals surface area (Å²) >= 11 is 0. The van der Waals surface area contributed by atoms with Crippen molar-refractivity contribution in [2.45, 2.75) is 6.61 Å². The van der Waals surface area contributed by atoms with Gasteiger partial charge < -0.3 is 19.9 Å². The normalized spacial score (nSPS) is 15.6. The maximum absolute atomic E-state index is 11.9. The van der Waals surface area contributed by atoms with Crippen LogP contribution < -0.4 is 5.32 Å². The van der Waals surface area contributed by atoms with Crippen molar-refractivity contribution in [2.24, 2.45) is 0 Å². The zero-order valence-electron chi connectivity index (χ0n) is 12.2. The molecule has 0 aromatic heterocycles. The zero-order valence-corrected chi connectivity index (χ0v) is 12.2. The smallest absolute Gasteiger partial charge is 0.407 e. The Morgan fingerprint density at radius 3 is 2.48 bits per heavy atom. The van der Waals surface area contributed by atoms with Crippen molar-refractivity contribution in [1.29, 1.82) is 0 Å². The number of likely N-dealkylation sites (N-methyl/N-ethyl adjacent to an activating group) is 1. The van der Waals surface area contributed by atoms with Crippen molar-refractivity contribution in [1.82, 2.24) is 15.1 Å². The molecule has 2 amide bonds. The van der Waals surface area contributed by atoms with E-state index in [0.717, 1.165) is 18.7 Å². The largest absolute Gasteiger partial charge is 0.445 e. The first-order chi connectivity index (χ1) is 10.1. The van der Waals surface area contributed by atoms with Gasteiger partial charge in [0.1, 0.15) is 13.2 Å². The van der Waals surface area contributed by atoms with E-state index in [-0.39, 0.29) is 19.1 Å². The molecule has 2 rings (SSSR count). The molecule has 0 saturated carbocycles. The molecule has 1 N–H and O–H groups in total. The second-order valence-corrected chi connectivity index (χ2v) is 5.10. The molecular weight excluding hydrogens is 270 g/mol. The molecule has 0 spiro atoms. The van der Waals surface area contributed by atoms with Crippen LogP contribution in [-0.2, 0) is 16.1 Å². The van der Waals surface area contributed by atoms with Crippen LogP contribution >= 0.6 is 0 Å². The van der Waals surface area contributed by atoms with Gasteiger partial charge in [-0.15, -0.1) is 0 Å². The predicted molar refractivity (Wildman–Crippen MR) is 78.7 cm³/mol. The number of hydrogen-bond acceptors (Lipinski definition) is 4. The van der Waals surface area contributed by atoms with Gasteiger partial charge in [-0.05, 0) is 12.6 Å². The van der Waals surface area contributed by atoms with E-state index in [1.165, 1.54) is 0 Å². The zero-order chi connectivity index (χ0) is 15.1. The van der Waals surface area contributed by atoms with Crippen LogP contribution in [0.4, 0.5) is 4.79 Å². The van der Waals surface area contributed by atoms with Crippen LogP contribution in [-0.4, -0.2) is 61.6 Å². The third-order valence-electron chi connectivity index (χ3n) is 3.45. The Morgan fingerprint density at radius 1 is 1.14 bits per heavy atom. The summed E-state index contributed by atoms with van der Waals surface area (Å²) in [5, 5.41) is 2.50. The Labute approximate surface area is 124 Å². The van der Waals surface area contributed by atoms with Gasteiger partial charge in [0.2, 0.25) is 5.91 Å². The predicted octanol–water partition coefficient (Wildman–Crippen LogP) is 0.687. The lowest BCUT2D eigenvalue weighted by molar-refractivity contribution is -0.131. The van der Waals surface area contributed by atoms with Crippen LogP contribution in [0.1, 0.15) is 5.56 Å². The summed E-state index contributed by atoms with van der Waals surface area (Å²) in [6.45, 7) is 3.33. The molecule has 1 aromatic carbocycles. The number of rotatable bonds is 4. The highest BCUT2D eigenvalue weighted by molar-refractivity contribution is 5.82. The van der Waals surface area contributed by atoms with Gasteiger partial charge in [-0.3, -0.25) is 4.79 Å². The van der Waals surface area contributed by atoms with Gasteiger partial charge >= 0.3 is 6.09 Å². The van der Waals surface area contributed by atoms with E-state index in [1.807, 2.05) is 37.4 Å². The highest BCUT2D eigenvalue weighted by Crippen LogP contribution is 2.01. The fourth-order valence-electron chi connectivity index (χ4n) is 2.09.